The molecule has 4 nitrogen and oxygen atoms in total. The SMILES string of the molecule is CN(C)C(=O)Cn1cnc2cc(Cl)ccc21. The van der Waals surface area contributed by atoms with E-state index in [0.717, 1.165) is 11.0 Å². The molecule has 0 radical (unpaired) electrons. The standard InChI is InChI=1S/C11H12ClN3O/c1-14(2)11(16)6-15-7-13-9-5-8(12)3-4-10(9)15/h3-5,7H,6H2,1-2H3. The van der Waals surface area contributed by atoms with Gasteiger partial charge in [0.05, 0.1) is 17.4 Å². The van der Waals surface area contributed by atoms with Crippen LogP contribution in [0, 0.1) is 0 Å². The van der Waals surface area contributed by atoms with Gasteiger partial charge in [-0.2, -0.15) is 0 Å². The maximum atomic E-state index is 11.6. The zero-order chi connectivity index (χ0) is 11.7. The van der Waals surface area contributed by atoms with Gasteiger partial charge in [0.1, 0.15) is 6.54 Å². The Bertz CT molecular complexity index is 533. The normalized spacial score (nSPS) is 10.7. The molecule has 2 aromatic rings. The highest BCUT2D eigenvalue weighted by Crippen LogP contribution is 2.18. The number of carbonyl (C=O) groups is 1. The van der Waals surface area contributed by atoms with E-state index in [1.165, 1.54) is 0 Å². The number of aromatic nitrogens is 2. The van der Waals surface area contributed by atoms with Gasteiger partial charge in [0.2, 0.25) is 5.91 Å². The first-order valence-corrected chi connectivity index (χ1v) is 5.26. The number of rotatable bonds is 2. The van der Waals surface area contributed by atoms with Crippen LogP contribution in [0.5, 0.6) is 0 Å². The van der Waals surface area contributed by atoms with E-state index < -0.39 is 0 Å². The Hall–Kier alpha value is -1.55. The predicted molar refractivity (Wildman–Crippen MR) is 63.4 cm³/mol. The molecule has 1 aromatic carbocycles. The summed E-state index contributed by atoms with van der Waals surface area (Å²) < 4.78 is 1.81. The largest absolute Gasteiger partial charge is 0.347 e. The van der Waals surface area contributed by atoms with Gasteiger partial charge in [-0.15, -0.1) is 0 Å². The summed E-state index contributed by atoms with van der Waals surface area (Å²) in [6.07, 6.45) is 1.66. The molecule has 2 rings (SSSR count). The van der Waals surface area contributed by atoms with E-state index in [1.54, 1.807) is 37.5 Å². The topological polar surface area (TPSA) is 38.1 Å². The number of carbonyl (C=O) groups excluding carboxylic acids is 1. The lowest BCUT2D eigenvalue weighted by molar-refractivity contribution is -0.129. The highest BCUT2D eigenvalue weighted by Gasteiger charge is 2.08. The second-order valence-corrected chi connectivity index (χ2v) is 4.23. The monoisotopic (exact) mass is 237 g/mol. The first kappa shape index (κ1) is 11.0. The summed E-state index contributed by atoms with van der Waals surface area (Å²) in [6, 6.07) is 5.45. The number of imidazole rings is 1. The van der Waals surface area contributed by atoms with E-state index in [9.17, 15) is 4.79 Å². The fourth-order valence-corrected chi connectivity index (χ4v) is 1.62. The van der Waals surface area contributed by atoms with Gasteiger partial charge in [-0.05, 0) is 18.2 Å². The number of amides is 1. The van der Waals surface area contributed by atoms with E-state index in [2.05, 4.69) is 4.98 Å². The molecule has 1 aromatic heterocycles. The van der Waals surface area contributed by atoms with Crippen LogP contribution < -0.4 is 0 Å². The third-order valence-electron chi connectivity index (χ3n) is 2.39. The summed E-state index contributed by atoms with van der Waals surface area (Å²) >= 11 is 5.86. The van der Waals surface area contributed by atoms with E-state index >= 15 is 0 Å². The van der Waals surface area contributed by atoms with E-state index in [1.807, 2.05) is 10.6 Å². The molecule has 16 heavy (non-hydrogen) atoms. The molecule has 0 fully saturated rings. The van der Waals surface area contributed by atoms with Crippen molar-refractivity contribution >= 4 is 28.5 Å². The van der Waals surface area contributed by atoms with Crippen molar-refractivity contribution in [2.24, 2.45) is 0 Å². The molecule has 5 heteroatoms. The highest BCUT2D eigenvalue weighted by atomic mass is 35.5. The zero-order valence-electron chi connectivity index (χ0n) is 9.14. The van der Waals surface area contributed by atoms with Gasteiger partial charge in [0, 0.05) is 19.1 Å². The van der Waals surface area contributed by atoms with Crippen LogP contribution in [-0.2, 0) is 11.3 Å². The average Bonchev–Trinajstić information content (AvgIpc) is 2.60. The lowest BCUT2D eigenvalue weighted by Gasteiger charge is -2.10. The minimum atomic E-state index is 0.0363. The Balaban J connectivity index is 2.35. The van der Waals surface area contributed by atoms with Crippen molar-refractivity contribution in [3.63, 3.8) is 0 Å². The molecule has 0 saturated carbocycles. The van der Waals surface area contributed by atoms with Crippen LogP contribution in [-0.4, -0.2) is 34.5 Å². The lowest BCUT2D eigenvalue weighted by Crippen LogP contribution is -2.25. The number of likely N-dealkylation sites (N-methyl/N-ethyl adjacent to an activating group) is 1. The van der Waals surface area contributed by atoms with E-state index in [-0.39, 0.29) is 5.91 Å². The molecule has 0 aliphatic heterocycles. The van der Waals surface area contributed by atoms with Crippen molar-refractivity contribution in [2.45, 2.75) is 6.54 Å². The lowest BCUT2D eigenvalue weighted by atomic mass is 10.3. The minimum absolute atomic E-state index is 0.0363. The minimum Gasteiger partial charge on any atom is -0.347 e. The molecule has 0 saturated heterocycles. The molecule has 84 valence electrons. The van der Waals surface area contributed by atoms with Gasteiger partial charge in [-0.25, -0.2) is 4.98 Å². The maximum absolute atomic E-state index is 11.6. The average molecular weight is 238 g/mol. The number of fused-ring (bicyclic) bond motifs is 1. The fraction of sp³-hybridized carbons (Fsp3) is 0.273. The summed E-state index contributed by atoms with van der Waals surface area (Å²) in [6.45, 7) is 0.297. The van der Waals surface area contributed by atoms with Crippen LogP contribution in [0.15, 0.2) is 24.5 Å². The third-order valence-corrected chi connectivity index (χ3v) is 2.62. The smallest absolute Gasteiger partial charge is 0.242 e. The Kier molecular flexibility index (Phi) is 2.83. The van der Waals surface area contributed by atoms with Gasteiger partial charge < -0.3 is 9.47 Å². The molecule has 0 bridgehead atoms. The predicted octanol–water partition coefficient (Wildman–Crippen LogP) is 1.78. The number of halogens is 1. The van der Waals surface area contributed by atoms with Crippen molar-refractivity contribution in [2.75, 3.05) is 14.1 Å². The zero-order valence-corrected chi connectivity index (χ0v) is 9.90. The second-order valence-electron chi connectivity index (χ2n) is 3.79. The summed E-state index contributed by atoms with van der Waals surface area (Å²) in [5, 5.41) is 0.650. The first-order chi connectivity index (χ1) is 7.58. The molecule has 0 N–H and O–H groups in total. The summed E-state index contributed by atoms with van der Waals surface area (Å²) in [7, 11) is 3.47. The summed E-state index contributed by atoms with van der Waals surface area (Å²) in [4.78, 5) is 17.3. The number of hydrogen-bond donors (Lipinski definition) is 0. The van der Waals surface area contributed by atoms with Crippen LogP contribution in [0.4, 0.5) is 0 Å². The quantitative estimate of drug-likeness (QED) is 0.799. The van der Waals surface area contributed by atoms with Gasteiger partial charge in [-0.1, -0.05) is 11.6 Å². The molecule has 1 amide bonds. The van der Waals surface area contributed by atoms with E-state index in [4.69, 9.17) is 11.6 Å². The maximum Gasteiger partial charge on any atom is 0.242 e. The molecule has 0 atom stereocenters. The van der Waals surface area contributed by atoms with Crippen molar-refractivity contribution in [1.82, 2.24) is 14.5 Å². The Morgan fingerprint density at radius 2 is 2.25 bits per heavy atom. The highest BCUT2D eigenvalue weighted by molar-refractivity contribution is 6.31. The summed E-state index contributed by atoms with van der Waals surface area (Å²) in [5.41, 5.74) is 1.72. The number of nitrogens with zero attached hydrogens (tertiary/aromatic N) is 3. The van der Waals surface area contributed by atoms with Crippen molar-refractivity contribution in [3.05, 3.63) is 29.5 Å². The third kappa shape index (κ3) is 2.02. The molecule has 0 unspecified atom stereocenters. The molecule has 0 aliphatic carbocycles. The fourth-order valence-electron chi connectivity index (χ4n) is 1.45. The number of hydrogen-bond acceptors (Lipinski definition) is 2. The van der Waals surface area contributed by atoms with Crippen molar-refractivity contribution < 1.29 is 4.79 Å². The Morgan fingerprint density at radius 3 is 2.94 bits per heavy atom. The Labute approximate surface area is 98.4 Å². The summed E-state index contributed by atoms with van der Waals surface area (Å²) in [5.74, 6) is 0.0363. The van der Waals surface area contributed by atoms with Gasteiger partial charge >= 0.3 is 0 Å². The Morgan fingerprint density at radius 1 is 1.50 bits per heavy atom. The van der Waals surface area contributed by atoms with Gasteiger partial charge in [0.25, 0.3) is 0 Å². The van der Waals surface area contributed by atoms with Gasteiger partial charge in [-0.3, -0.25) is 4.79 Å². The van der Waals surface area contributed by atoms with Crippen LogP contribution in [0.3, 0.4) is 0 Å². The molecular weight excluding hydrogens is 226 g/mol. The first-order valence-electron chi connectivity index (χ1n) is 4.88. The van der Waals surface area contributed by atoms with Crippen molar-refractivity contribution in [1.29, 1.82) is 0 Å². The van der Waals surface area contributed by atoms with Crippen LogP contribution in [0.2, 0.25) is 5.02 Å². The molecule has 0 spiro atoms. The van der Waals surface area contributed by atoms with Crippen molar-refractivity contribution in [3.8, 4) is 0 Å². The molecule has 0 aliphatic rings. The van der Waals surface area contributed by atoms with Gasteiger partial charge in [0.15, 0.2) is 0 Å². The van der Waals surface area contributed by atoms with E-state index in [0.29, 0.717) is 11.6 Å². The number of benzene rings is 1. The van der Waals surface area contributed by atoms with Crippen LogP contribution in [0.1, 0.15) is 0 Å². The van der Waals surface area contributed by atoms with Crippen LogP contribution >= 0.6 is 11.6 Å². The molecular formula is C11H12ClN3O. The molecule has 1 heterocycles. The van der Waals surface area contributed by atoms with Crippen LogP contribution in [0.25, 0.3) is 11.0 Å². The second kappa shape index (κ2) is 4.14.